The van der Waals surface area contributed by atoms with Gasteiger partial charge in [-0.05, 0) is 17.7 Å². The van der Waals surface area contributed by atoms with Crippen LogP contribution >= 0.6 is 23.1 Å². The number of primary amides is 1. The Balaban J connectivity index is 1.72. The number of amides is 3. The summed E-state index contributed by atoms with van der Waals surface area (Å²) in [6.07, 6.45) is 6.50. The Bertz CT molecular complexity index is 1220. The number of likely N-dealkylation sites (N-methyl/N-ethyl adjacent to an activating group) is 1. The molecule has 0 radical (unpaired) electrons. The van der Waals surface area contributed by atoms with Crippen molar-refractivity contribution in [2.75, 3.05) is 45.8 Å². The third kappa shape index (κ3) is 6.55. The maximum Gasteiger partial charge on any atom is 0.352 e. The predicted octanol–water partition coefficient (Wildman–Crippen LogP) is -0.511. The highest BCUT2D eigenvalue weighted by atomic mass is 32.2. The van der Waals surface area contributed by atoms with Crippen molar-refractivity contribution in [1.29, 1.82) is 0 Å². The van der Waals surface area contributed by atoms with Crippen LogP contribution in [0, 0.1) is 0 Å². The van der Waals surface area contributed by atoms with Crippen molar-refractivity contribution in [2.24, 2.45) is 10.9 Å². The number of hydrogen-bond donors (Lipinski definition) is 4. The molecule has 1 aromatic rings. The molecule has 37 heavy (non-hydrogen) atoms. The standard InChI is InChI=1S/C22H27N7O6S2/c1-29(2,9-5-7-14(23)30)8-4-6-12-10-36-20-16(19(32)28(20)17(12)21(33)34)26-18(31)15(27-35-3)13-11-37-22(24)25-13/h4-7,11,16,20H,8-10H2,1-3H3,(H5-,23,24,25,26,30,31,33,34)/p+1/b6-4+,7-5+,27-15-/t16-,20-/m1/s1. The van der Waals surface area contributed by atoms with Crippen molar-refractivity contribution in [1.82, 2.24) is 15.2 Å². The second-order valence-corrected chi connectivity index (χ2v) is 10.7. The van der Waals surface area contributed by atoms with Gasteiger partial charge in [0, 0.05) is 17.2 Å². The second kappa shape index (κ2) is 11.6. The fourth-order valence-electron chi connectivity index (χ4n) is 3.68. The molecule has 2 aliphatic heterocycles. The number of carbonyl (C=O) groups excluding carboxylic acids is 3. The van der Waals surface area contributed by atoms with Crippen LogP contribution in [-0.4, -0.2) is 100 Å². The summed E-state index contributed by atoms with van der Waals surface area (Å²) in [5.74, 6) is -2.67. The number of nitrogen functional groups attached to an aromatic ring is 1. The first-order valence-electron chi connectivity index (χ1n) is 10.9. The van der Waals surface area contributed by atoms with Crippen LogP contribution in [0.15, 0.2) is 46.1 Å². The van der Waals surface area contributed by atoms with Crippen LogP contribution in [0.25, 0.3) is 0 Å². The van der Waals surface area contributed by atoms with Crippen LogP contribution in [0.5, 0.6) is 0 Å². The van der Waals surface area contributed by atoms with Gasteiger partial charge in [0.15, 0.2) is 10.8 Å². The minimum absolute atomic E-state index is 0.118. The van der Waals surface area contributed by atoms with Gasteiger partial charge in [-0.2, -0.15) is 0 Å². The van der Waals surface area contributed by atoms with Crippen molar-refractivity contribution in [3.8, 4) is 0 Å². The van der Waals surface area contributed by atoms with Gasteiger partial charge in [-0.1, -0.05) is 11.2 Å². The number of nitrogens with zero attached hydrogens (tertiary/aromatic N) is 4. The van der Waals surface area contributed by atoms with E-state index in [1.807, 2.05) is 20.2 Å². The number of carboxylic acids is 1. The van der Waals surface area contributed by atoms with Crippen LogP contribution in [0.3, 0.4) is 0 Å². The van der Waals surface area contributed by atoms with Gasteiger partial charge in [0.05, 0.1) is 27.2 Å². The molecule has 1 fully saturated rings. The Morgan fingerprint density at radius 3 is 2.65 bits per heavy atom. The maximum atomic E-state index is 12.9. The number of carboxylic acid groups (broad SMARTS) is 1. The van der Waals surface area contributed by atoms with E-state index in [1.165, 1.54) is 35.2 Å². The lowest BCUT2D eigenvalue weighted by Gasteiger charge is -2.49. The molecule has 6 N–H and O–H groups in total. The van der Waals surface area contributed by atoms with Crippen molar-refractivity contribution in [3.63, 3.8) is 0 Å². The lowest BCUT2D eigenvalue weighted by atomic mass is 10.0. The van der Waals surface area contributed by atoms with E-state index >= 15 is 0 Å². The number of nitrogens with two attached hydrogens (primary N) is 2. The van der Waals surface area contributed by atoms with E-state index in [0.717, 1.165) is 11.3 Å². The topological polar surface area (TPSA) is 190 Å². The Labute approximate surface area is 221 Å². The molecule has 1 saturated heterocycles. The highest BCUT2D eigenvalue weighted by molar-refractivity contribution is 8.00. The first-order chi connectivity index (χ1) is 17.4. The molecule has 15 heteroatoms. The summed E-state index contributed by atoms with van der Waals surface area (Å²) >= 11 is 2.46. The fraction of sp³-hybridized carbons (Fsp3) is 0.364. The van der Waals surface area contributed by atoms with Gasteiger partial charge in [-0.3, -0.25) is 19.3 Å². The number of oxime groups is 1. The summed E-state index contributed by atoms with van der Waals surface area (Å²) in [5.41, 5.74) is 11.2. The summed E-state index contributed by atoms with van der Waals surface area (Å²) in [5, 5.41) is 17.4. The summed E-state index contributed by atoms with van der Waals surface area (Å²) in [4.78, 5) is 58.7. The predicted molar refractivity (Wildman–Crippen MR) is 139 cm³/mol. The normalized spacial score (nSPS) is 20.2. The van der Waals surface area contributed by atoms with Gasteiger partial charge >= 0.3 is 5.97 Å². The van der Waals surface area contributed by atoms with E-state index in [-0.39, 0.29) is 22.2 Å². The second-order valence-electron chi connectivity index (χ2n) is 8.74. The third-order valence-electron chi connectivity index (χ3n) is 5.45. The Kier molecular flexibility index (Phi) is 8.73. The number of aliphatic carboxylic acids is 1. The zero-order chi connectivity index (χ0) is 27.3. The van der Waals surface area contributed by atoms with Crippen LogP contribution in [-0.2, 0) is 24.0 Å². The van der Waals surface area contributed by atoms with E-state index < -0.39 is 35.1 Å². The van der Waals surface area contributed by atoms with Crippen molar-refractivity contribution in [2.45, 2.75) is 11.4 Å². The number of quaternary nitrogens is 1. The maximum absolute atomic E-state index is 12.9. The minimum atomic E-state index is -1.24. The number of nitrogens with one attached hydrogen (secondary N) is 1. The van der Waals surface area contributed by atoms with Crippen LogP contribution < -0.4 is 16.8 Å². The molecular weight excluding hydrogens is 522 g/mol. The molecule has 0 saturated carbocycles. The first kappa shape index (κ1) is 27.9. The zero-order valence-electron chi connectivity index (χ0n) is 20.4. The van der Waals surface area contributed by atoms with Crippen molar-refractivity contribution >= 4 is 57.6 Å². The minimum Gasteiger partial charge on any atom is -0.477 e. The SMILES string of the molecule is CO/N=C(\C(=O)N[C@@H]1C(=O)N2C(C(=O)O)=C(/C=C/C[N+](C)(C)C/C=C/C(N)=O)CS[C@H]12)c1csc(N)n1. The van der Waals surface area contributed by atoms with E-state index in [0.29, 0.717) is 28.9 Å². The highest BCUT2D eigenvalue weighted by Crippen LogP contribution is 2.40. The summed E-state index contributed by atoms with van der Waals surface area (Å²) in [7, 11) is 5.16. The summed E-state index contributed by atoms with van der Waals surface area (Å²) < 4.78 is 0.498. The van der Waals surface area contributed by atoms with Crippen molar-refractivity contribution < 1.29 is 33.6 Å². The first-order valence-corrected chi connectivity index (χ1v) is 12.9. The Hall–Kier alpha value is -3.69. The number of rotatable bonds is 11. The van der Waals surface area contributed by atoms with Gasteiger partial charge in [0.1, 0.15) is 29.9 Å². The molecule has 2 aliphatic rings. The van der Waals surface area contributed by atoms with Gasteiger partial charge < -0.3 is 31.2 Å². The number of thiazole rings is 1. The number of hydrogen-bond acceptors (Lipinski definition) is 10. The van der Waals surface area contributed by atoms with E-state index in [9.17, 15) is 24.3 Å². The molecule has 0 aromatic carbocycles. The lowest BCUT2D eigenvalue weighted by Crippen LogP contribution is -2.71. The summed E-state index contributed by atoms with van der Waals surface area (Å²) in [6, 6.07) is -0.942. The average molecular weight is 551 g/mol. The molecule has 2 atom stereocenters. The molecule has 198 valence electrons. The van der Waals surface area contributed by atoms with E-state index in [1.54, 1.807) is 12.2 Å². The van der Waals surface area contributed by atoms with Gasteiger partial charge in [0.25, 0.3) is 11.8 Å². The molecule has 0 aliphatic carbocycles. The number of allylic oxidation sites excluding steroid dienone is 1. The smallest absolute Gasteiger partial charge is 0.352 e. The van der Waals surface area contributed by atoms with E-state index in [4.69, 9.17) is 16.3 Å². The Morgan fingerprint density at radius 2 is 2.05 bits per heavy atom. The van der Waals surface area contributed by atoms with Gasteiger partial charge in [-0.25, -0.2) is 9.78 Å². The molecule has 0 bridgehead atoms. The number of anilines is 1. The highest BCUT2D eigenvalue weighted by Gasteiger charge is 2.54. The quantitative estimate of drug-likeness (QED) is 0.0924. The summed E-state index contributed by atoms with van der Waals surface area (Å²) in [6.45, 7) is 1.09. The number of thioether (sulfide) groups is 1. The van der Waals surface area contributed by atoms with Gasteiger partial charge in [-0.15, -0.1) is 23.1 Å². The molecule has 3 rings (SSSR count). The van der Waals surface area contributed by atoms with Crippen LogP contribution in [0.1, 0.15) is 5.69 Å². The monoisotopic (exact) mass is 550 g/mol. The average Bonchev–Trinajstić information content (AvgIpc) is 3.25. The number of carbonyl (C=O) groups is 4. The Morgan fingerprint density at radius 1 is 1.35 bits per heavy atom. The molecule has 0 unspecified atom stereocenters. The molecule has 13 nitrogen and oxygen atoms in total. The van der Waals surface area contributed by atoms with Gasteiger partial charge in [0.2, 0.25) is 5.91 Å². The zero-order valence-corrected chi connectivity index (χ0v) is 22.0. The van der Waals surface area contributed by atoms with Crippen LogP contribution in [0.4, 0.5) is 5.13 Å². The molecule has 0 spiro atoms. The molecule has 1 aromatic heterocycles. The number of fused-ring (bicyclic) bond motifs is 1. The largest absolute Gasteiger partial charge is 0.477 e. The molecule has 3 amide bonds. The number of β-lactam (4-membered cyclic amide) rings is 1. The molecule has 3 heterocycles. The molecular formula is C22H28N7O6S2+. The number of aromatic nitrogens is 1. The van der Waals surface area contributed by atoms with E-state index in [2.05, 4.69) is 15.5 Å². The van der Waals surface area contributed by atoms with Crippen LogP contribution in [0.2, 0.25) is 0 Å². The van der Waals surface area contributed by atoms with Crippen molar-refractivity contribution in [3.05, 3.63) is 46.6 Å². The lowest BCUT2D eigenvalue weighted by molar-refractivity contribution is -0.878. The third-order valence-corrected chi connectivity index (χ3v) is 7.43. The fourth-order valence-corrected chi connectivity index (χ4v) is 5.55.